The third kappa shape index (κ3) is 2.28. The maximum Gasteiger partial charge on any atom is 0.254 e. The van der Waals surface area contributed by atoms with Crippen molar-refractivity contribution in [3.05, 3.63) is 34.6 Å². The van der Waals surface area contributed by atoms with Crippen molar-refractivity contribution in [2.75, 3.05) is 6.61 Å². The van der Waals surface area contributed by atoms with Gasteiger partial charge in [0, 0.05) is 0 Å². The molecular weight excluding hydrogens is 245 g/mol. The third-order valence-electron chi connectivity index (χ3n) is 3.19. The summed E-state index contributed by atoms with van der Waals surface area (Å²) in [6, 6.07) is 4.28. The Labute approximate surface area is 104 Å². The molecule has 0 spiro atoms. The second-order valence-electron chi connectivity index (χ2n) is 4.35. The number of benzene rings is 1. The zero-order valence-corrected chi connectivity index (χ0v) is 9.93. The Kier molecular flexibility index (Phi) is 3.35. The topological polar surface area (TPSA) is 49.3 Å². The first kappa shape index (κ1) is 12.3. The lowest BCUT2D eigenvalue weighted by Crippen LogP contribution is -2.56. The molecule has 0 saturated heterocycles. The number of halogens is 2. The fraction of sp³-hybridized carbons (Fsp3) is 0.417. The van der Waals surface area contributed by atoms with E-state index in [0.29, 0.717) is 0 Å². The van der Waals surface area contributed by atoms with Crippen LogP contribution in [0.3, 0.4) is 0 Å². The summed E-state index contributed by atoms with van der Waals surface area (Å²) in [6.07, 6.45) is 2.40. The van der Waals surface area contributed by atoms with Crippen LogP contribution < -0.4 is 5.32 Å². The Balaban J connectivity index is 2.17. The van der Waals surface area contributed by atoms with Gasteiger partial charge in [-0.25, -0.2) is 4.39 Å². The summed E-state index contributed by atoms with van der Waals surface area (Å²) in [7, 11) is 0. The first-order valence-corrected chi connectivity index (χ1v) is 5.83. The highest BCUT2D eigenvalue weighted by atomic mass is 35.5. The van der Waals surface area contributed by atoms with Gasteiger partial charge < -0.3 is 10.4 Å². The van der Waals surface area contributed by atoms with Crippen LogP contribution in [0.25, 0.3) is 0 Å². The predicted molar refractivity (Wildman–Crippen MR) is 62.5 cm³/mol. The number of nitrogens with one attached hydrogen (secondary N) is 1. The second kappa shape index (κ2) is 4.63. The molecule has 0 heterocycles. The molecule has 92 valence electrons. The van der Waals surface area contributed by atoms with E-state index in [-0.39, 0.29) is 17.2 Å². The van der Waals surface area contributed by atoms with E-state index in [9.17, 15) is 14.3 Å². The van der Waals surface area contributed by atoms with Gasteiger partial charge in [0.2, 0.25) is 0 Å². The van der Waals surface area contributed by atoms with Crippen molar-refractivity contribution >= 4 is 17.5 Å². The van der Waals surface area contributed by atoms with Gasteiger partial charge in [0.15, 0.2) is 5.82 Å². The van der Waals surface area contributed by atoms with Crippen molar-refractivity contribution in [2.45, 2.75) is 24.8 Å². The van der Waals surface area contributed by atoms with E-state index in [2.05, 4.69) is 5.32 Å². The van der Waals surface area contributed by atoms with Gasteiger partial charge in [-0.2, -0.15) is 0 Å². The summed E-state index contributed by atoms with van der Waals surface area (Å²) in [6.45, 7) is -0.124. The van der Waals surface area contributed by atoms with Gasteiger partial charge in [0.1, 0.15) is 0 Å². The van der Waals surface area contributed by atoms with Crippen LogP contribution in [-0.2, 0) is 0 Å². The molecule has 0 aliphatic heterocycles. The minimum absolute atomic E-state index is 0.0793. The lowest BCUT2D eigenvalue weighted by Gasteiger charge is -2.40. The molecular formula is C12H13ClFNO2. The monoisotopic (exact) mass is 257 g/mol. The molecule has 2 N–H and O–H groups in total. The zero-order chi connectivity index (χ0) is 12.5. The van der Waals surface area contributed by atoms with Crippen LogP contribution in [0.15, 0.2) is 18.2 Å². The van der Waals surface area contributed by atoms with Crippen LogP contribution in [0.5, 0.6) is 0 Å². The molecule has 1 aromatic carbocycles. The molecule has 1 amide bonds. The molecule has 0 unspecified atom stereocenters. The molecule has 5 heteroatoms. The van der Waals surface area contributed by atoms with Crippen LogP contribution in [0, 0.1) is 5.82 Å². The van der Waals surface area contributed by atoms with E-state index in [1.54, 1.807) is 0 Å². The van der Waals surface area contributed by atoms with Gasteiger partial charge in [-0.05, 0) is 31.4 Å². The summed E-state index contributed by atoms with van der Waals surface area (Å²) < 4.78 is 13.6. The van der Waals surface area contributed by atoms with E-state index < -0.39 is 17.3 Å². The Bertz CT molecular complexity index is 441. The lowest BCUT2D eigenvalue weighted by atomic mass is 9.77. The minimum atomic E-state index is -0.723. The maximum atomic E-state index is 13.6. The molecule has 1 aliphatic rings. The van der Waals surface area contributed by atoms with Crippen molar-refractivity contribution in [1.82, 2.24) is 5.32 Å². The Morgan fingerprint density at radius 3 is 2.76 bits per heavy atom. The Morgan fingerprint density at radius 2 is 2.24 bits per heavy atom. The number of carbonyl (C=O) groups is 1. The van der Waals surface area contributed by atoms with Crippen LogP contribution in [-0.4, -0.2) is 23.2 Å². The molecule has 1 fully saturated rings. The summed E-state index contributed by atoms with van der Waals surface area (Å²) >= 11 is 5.61. The summed E-state index contributed by atoms with van der Waals surface area (Å²) in [5.74, 6) is -1.25. The predicted octanol–water partition coefficient (Wildman–Crippen LogP) is 2.12. The van der Waals surface area contributed by atoms with Crippen LogP contribution in [0.1, 0.15) is 29.6 Å². The van der Waals surface area contributed by atoms with Crippen molar-refractivity contribution in [3.8, 4) is 0 Å². The molecule has 0 radical (unpaired) electrons. The number of hydrogen-bond acceptors (Lipinski definition) is 2. The van der Waals surface area contributed by atoms with E-state index in [4.69, 9.17) is 11.6 Å². The van der Waals surface area contributed by atoms with E-state index in [1.165, 1.54) is 18.2 Å². The lowest BCUT2D eigenvalue weighted by molar-refractivity contribution is 0.0638. The Morgan fingerprint density at radius 1 is 1.53 bits per heavy atom. The first-order valence-electron chi connectivity index (χ1n) is 5.45. The fourth-order valence-corrected chi connectivity index (χ4v) is 2.09. The molecule has 17 heavy (non-hydrogen) atoms. The van der Waals surface area contributed by atoms with Gasteiger partial charge in [0.25, 0.3) is 5.91 Å². The molecule has 1 saturated carbocycles. The normalized spacial score (nSPS) is 17.4. The zero-order valence-electron chi connectivity index (χ0n) is 9.17. The number of rotatable bonds is 3. The average molecular weight is 258 g/mol. The summed E-state index contributed by atoms with van der Waals surface area (Å²) in [5.41, 5.74) is -0.663. The standard InChI is InChI=1S/C12H13ClFNO2/c13-9-4-1-3-8(10(9)14)11(17)15-12(7-16)5-2-6-12/h1,3-4,16H,2,5-7H2,(H,15,17). The smallest absolute Gasteiger partial charge is 0.254 e. The minimum Gasteiger partial charge on any atom is -0.394 e. The molecule has 1 aliphatic carbocycles. The van der Waals surface area contributed by atoms with Gasteiger partial charge in [-0.15, -0.1) is 0 Å². The quantitative estimate of drug-likeness (QED) is 0.872. The van der Waals surface area contributed by atoms with Crippen molar-refractivity contribution in [2.24, 2.45) is 0 Å². The van der Waals surface area contributed by atoms with Crippen molar-refractivity contribution in [1.29, 1.82) is 0 Å². The second-order valence-corrected chi connectivity index (χ2v) is 4.75. The maximum absolute atomic E-state index is 13.6. The highest BCUT2D eigenvalue weighted by molar-refractivity contribution is 6.31. The van der Waals surface area contributed by atoms with Crippen LogP contribution in [0.2, 0.25) is 5.02 Å². The molecule has 3 nitrogen and oxygen atoms in total. The highest BCUT2D eigenvalue weighted by Crippen LogP contribution is 2.31. The molecule has 0 atom stereocenters. The molecule has 0 aromatic heterocycles. The van der Waals surface area contributed by atoms with E-state index in [0.717, 1.165) is 19.3 Å². The number of carbonyl (C=O) groups excluding carboxylic acids is 1. The van der Waals surface area contributed by atoms with Gasteiger partial charge in [-0.1, -0.05) is 17.7 Å². The van der Waals surface area contributed by atoms with Gasteiger partial charge in [0.05, 0.1) is 22.7 Å². The molecule has 0 bridgehead atoms. The largest absolute Gasteiger partial charge is 0.394 e. The third-order valence-corrected chi connectivity index (χ3v) is 3.48. The number of hydrogen-bond donors (Lipinski definition) is 2. The van der Waals surface area contributed by atoms with Gasteiger partial charge >= 0.3 is 0 Å². The Hall–Kier alpha value is -1.13. The van der Waals surface area contributed by atoms with E-state index in [1.807, 2.05) is 0 Å². The van der Waals surface area contributed by atoms with Gasteiger partial charge in [-0.3, -0.25) is 4.79 Å². The summed E-state index contributed by atoms with van der Waals surface area (Å²) in [5, 5.41) is 11.8. The van der Waals surface area contributed by atoms with Crippen molar-refractivity contribution in [3.63, 3.8) is 0 Å². The van der Waals surface area contributed by atoms with Crippen molar-refractivity contribution < 1.29 is 14.3 Å². The van der Waals surface area contributed by atoms with Crippen LogP contribution in [0.4, 0.5) is 4.39 Å². The SMILES string of the molecule is O=C(NC1(CO)CCC1)c1cccc(Cl)c1F. The average Bonchev–Trinajstić information content (AvgIpc) is 2.27. The summed E-state index contributed by atoms with van der Waals surface area (Å²) in [4.78, 5) is 11.9. The number of amides is 1. The van der Waals surface area contributed by atoms with Crippen LogP contribution >= 0.6 is 11.6 Å². The number of aliphatic hydroxyl groups is 1. The van der Waals surface area contributed by atoms with E-state index >= 15 is 0 Å². The number of aliphatic hydroxyl groups excluding tert-OH is 1. The molecule has 2 rings (SSSR count). The highest BCUT2D eigenvalue weighted by Gasteiger charge is 2.38. The first-order chi connectivity index (χ1) is 8.08. The molecule has 1 aromatic rings. The fourth-order valence-electron chi connectivity index (χ4n) is 1.91.